The first kappa shape index (κ1) is 13.6. The van der Waals surface area contributed by atoms with Crippen molar-refractivity contribution in [1.82, 2.24) is 0 Å². The highest BCUT2D eigenvalue weighted by molar-refractivity contribution is 5.89. The van der Waals surface area contributed by atoms with E-state index in [2.05, 4.69) is 15.5 Å². The van der Waals surface area contributed by atoms with E-state index in [1.165, 1.54) is 7.11 Å². The average molecular weight is 244 g/mol. The van der Waals surface area contributed by atoms with Crippen molar-refractivity contribution in [2.75, 3.05) is 7.11 Å². The van der Waals surface area contributed by atoms with Crippen molar-refractivity contribution < 1.29 is 19.3 Å². The van der Waals surface area contributed by atoms with Crippen LogP contribution in [0.2, 0.25) is 0 Å². The summed E-state index contributed by atoms with van der Waals surface area (Å²) < 4.78 is 4.60. The molecular formula is C14H12O4. The normalized spacial score (nSPS) is 10.8. The van der Waals surface area contributed by atoms with Gasteiger partial charge in [0.1, 0.15) is 6.10 Å². The monoisotopic (exact) mass is 244 g/mol. The van der Waals surface area contributed by atoms with Gasteiger partial charge >= 0.3 is 5.97 Å². The zero-order valence-electron chi connectivity index (χ0n) is 9.88. The minimum atomic E-state index is -0.474. The molecule has 0 radical (unpaired) electrons. The Morgan fingerprint density at radius 3 is 2.50 bits per heavy atom. The molecule has 0 heterocycles. The van der Waals surface area contributed by atoms with E-state index in [-0.39, 0.29) is 0 Å². The van der Waals surface area contributed by atoms with Gasteiger partial charge in [-0.05, 0) is 17.7 Å². The molecule has 0 aliphatic carbocycles. The summed E-state index contributed by atoms with van der Waals surface area (Å²) in [6, 6.07) is 6.64. The van der Waals surface area contributed by atoms with E-state index in [9.17, 15) is 4.79 Å². The van der Waals surface area contributed by atoms with E-state index in [4.69, 9.17) is 17.7 Å². The largest absolute Gasteiger partial charge is 0.465 e. The number of terminal acetylenes is 2. The molecule has 1 aromatic carbocycles. The molecule has 1 unspecified atom stereocenters. The first-order chi connectivity index (χ1) is 8.72. The van der Waals surface area contributed by atoms with Gasteiger partial charge in [0, 0.05) is 6.42 Å². The highest BCUT2D eigenvalue weighted by Crippen LogP contribution is 2.21. The maximum absolute atomic E-state index is 11.3. The topological polar surface area (TPSA) is 44.8 Å². The summed E-state index contributed by atoms with van der Waals surface area (Å²) in [5.41, 5.74) is 1.20. The van der Waals surface area contributed by atoms with Crippen LogP contribution in [-0.4, -0.2) is 13.1 Å². The summed E-state index contributed by atoms with van der Waals surface area (Å²) in [5, 5.41) is 0. The summed E-state index contributed by atoms with van der Waals surface area (Å²) in [5.74, 6) is 2.05. The van der Waals surface area contributed by atoms with Gasteiger partial charge in [0.25, 0.3) is 0 Å². The van der Waals surface area contributed by atoms with Crippen LogP contribution in [-0.2, 0) is 14.5 Å². The molecule has 1 rings (SSSR count). The second-order valence-electron chi connectivity index (χ2n) is 3.31. The van der Waals surface area contributed by atoms with Crippen molar-refractivity contribution >= 4 is 5.97 Å². The minimum absolute atomic E-state index is 0.305. The van der Waals surface area contributed by atoms with E-state index in [1.54, 1.807) is 24.3 Å². The average Bonchev–Trinajstić information content (AvgIpc) is 2.43. The Hall–Kier alpha value is -2.43. The highest BCUT2D eigenvalue weighted by atomic mass is 17.2. The van der Waals surface area contributed by atoms with Gasteiger partial charge in [-0.15, -0.1) is 12.3 Å². The number of ether oxygens (including phenoxy) is 1. The lowest BCUT2D eigenvalue weighted by molar-refractivity contribution is -0.273. The lowest BCUT2D eigenvalue weighted by Crippen LogP contribution is -2.05. The Labute approximate surface area is 106 Å². The predicted molar refractivity (Wildman–Crippen MR) is 65.0 cm³/mol. The van der Waals surface area contributed by atoms with Crippen LogP contribution in [0.15, 0.2) is 24.3 Å². The van der Waals surface area contributed by atoms with Gasteiger partial charge in [-0.25, -0.2) is 4.79 Å². The maximum atomic E-state index is 11.3. The SMILES string of the molecule is C#CCC(OOC#C)c1ccc(C(=O)OC)cc1. The van der Waals surface area contributed by atoms with Crippen LogP contribution in [0.5, 0.6) is 0 Å². The van der Waals surface area contributed by atoms with Crippen molar-refractivity contribution in [3.63, 3.8) is 0 Å². The number of hydrogen-bond donors (Lipinski definition) is 0. The number of hydrogen-bond acceptors (Lipinski definition) is 4. The Balaban J connectivity index is 2.84. The lowest BCUT2D eigenvalue weighted by Gasteiger charge is -2.12. The van der Waals surface area contributed by atoms with E-state index >= 15 is 0 Å². The molecule has 0 saturated carbocycles. The quantitative estimate of drug-likeness (QED) is 0.344. The number of benzene rings is 1. The molecule has 0 spiro atoms. The molecule has 92 valence electrons. The molecule has 0 amide bonds. The molecule has 0 N–H and O–H groups in total. The van der Waals surface area contributed by atoms with Crippen molar-refractivity contribution in [3.05, 3.63) is 35.4 Å². The summed E-state index contributed by atoms with van der Waals surface area (Å²) in [6.45, 7) is 0. The van der Waals surface area contributed by atoms with Gasteiger partial charge < -0.3 is 4.74 Å². The van der Waals surface area contributed by atoms with Crippen LogP contribution in [0.4, 0.5) is 0 Å². The summed E-state index contributed by atoms with van der Waals surface area (Å²) in [7, 11) is 1.32. The van der Waals surface area contributed by atoms with E-state index < -0.39 is 12.1 Å². The third-order valence-corrected chi connectivity index (χ3v) is 2.22. The number of esters is 1. The summed E-state index contributed by atoms with van der Waals surface area (Å²) >= 11 is 0. The van der Waals surface area contributed by atoms with Gasteiger partial charge in [0.2, 0.25) is 0 Å². The zero-order valence-corrected chi connectivity index (χ0v) is 9.88. The van der Waals surface area contributed by atoms with Gasteiger partial charge in [-0.2, -0.15) is 4.89 Å². The molecule has 0 aliphatic heterocycles. The van der Waals surface area contributed by atoms with Crippen LogP contribution in [0.3, 0.4) is 0 Å². The van der Waals surface area contributed by atoms with Crippen LogP contribution in [0, 0.1) is 24.9 Å². The van der Waals surface area contributed by atoms with Gasteiger partial charge in [0.15, 0.2) is 6.11 Å². The van der Waals surface area contributed by atoms with Gasteiger partial charge in [-0.3, -0.25) is 4.89 Å². The summed E-state index contributed by atoms with van der Waals surface area (Å²) in [4.78, 5) is 20.6. The molecule has 0 bridgehead atoms. The van der Waals surface area contributed by atoms with Crippen LogP contribution >= 0.6 is 0 Å². The zero-order chi connectivity index (χ0) is 13.4. The number of carbonyl (C=O) groups excluding carboxylic acids is 1. The second-order valence-corrected chi connectivity index (χ2v) is 3.31. The van der Waals surface area contributed by atoms with Crippen molar-refractivity contribution in [2.24, 2.45) is 0 Å². The third-order valence-electron chi connectivity index (χ3n) is 2.22. The first-order valence-electron chi connectivity index (χ1n) is 5.12. The Bertz CT molecular complexity index is 476. The van der Waals surface area contributed by atoms with E-state index in [1.807, 2.05) is 6.11 Å². The van der Waals surface area contributed by atoms with Crippen molar-refractivity contribution in [2.45, 2.75) is 12.5 Å². The predicted octanol–water partition coefficient (Wildman–Crippen LogP) is 2.08. The molecule has 0 aliphatic rings. The summed E-state index contributed by atoms with van der Waals surface area (Å²) in [6.07, 6.45) is 11.9. The molecule has 0 fully saturated rings. The number of rotatable bonds is 5. The van der Waals surface area contributed by atoms with Crippen molar-refractivity contribution in [3.8, 4) is 24.9 Å². The molecular weight excluding hydrogens is 232 g/mol. The standard InChI is InChI=1S/C14H12O4/c1-4-6-13(18-17-5-2)11-7-9-12(10-8-11)14(15)16-3/h1-2,7-10,13H,6H2,3H3. The minimum Gasteiger partial charge on any atom is -0.465 e. The van der Waals surface area contributed by atoms with Gasteiger partial charge in [-0.1, -0.05) is 18.6 Å². The molecule has 0 aromatic heterocycles. The van der Waals surface area contributed by atoms with Crippen LogP contribution in [0.25, 0.3) is 0 Å². The maximum Gasteiger partial charge on any atom is 0.337 e. The fraction of sp³-hybridized carbons (Fsp3) is 0.214. The first-order valence-corrected chi connectivity index (χ1v) is 5.12. The van der Waals surface area contributed by atoms with Crippen molar-refractivity contribution in [1.29, 1.82) is 0 Å². The molecule has 1 atom stereocenters. The Kier molecular flexibility index (Phi) is 5.31. The van der Waals surface area contributed by atoms with E-state index in [0.29, 0.717) is 12.0 Å². The molecule has 1 aromatic rings. The highest BCUT2D eigenvalue weighted by Gasteiger charge is 2.13. The number of carbonyl (C=O) groups is 1. The molecule has 0 saturated heterocycles. The Morgan fingerprint density at radius 1 is 1.33 bits per heavy atom. The van der Waals surface area contributed by atoms with Crippen LogP contribution < -0.4 is 0 Å². The molecule has 18 heavy (non-hydrogen) atoms. The lowest BCUT2D eigenvalue weighted by atomic mass is 10.0. The fourth-order valence-electron chi connectivity index (χ4n) is 1.35. The van der Waals surface area contributed by atoms with E-state index in [0.717, 1.165) is 5.56 Å². The second kappa shape index (κ2) is 7.01. The van der Waals surface area contributed by atoms with Gasteiger partial charge in [0.05, 0.1) is 12.7 Å². The Morgan fingerprint density at radius 2 is 2.00 bits per heavy atom. The molecule has 4 nitrogen and oxygen atoms in total. The van der Waals surface area contributed by atoms with Crippen LogP contribution in [0.1, 0.15) is 28.4 Å². The number of methoxy groups -OCH3 is 1. The smallest absolute Gasteiger partial charge is 0.337 e. The molecule has 4 heteroatoms. The third kappa shape index (κ3) is 3.55. The fourth-order valence-corrected chi connectivity index (χ4v) is 1.35.